The van der Waals surface area contributed by atoms with Gasteiger partial charge in [-0.05, 0) is 38.8 Å². The van der Waals surface area contributed by atoms with Crippen molar-refractivity contribution in [3.8, 4) is 0 Å². The van der Waals surface area contributed by atoms with Crippen molar-refractivity contribution < 1.29 is 9.53 Å². The van der Waals surface area contributed by atoms with Gasteiger partial charge in [-0.15, -0.1) is 11.3 Å². The van der Waals surface area contributed by atoms with E-state index in [9.17, 15) is 4.79 Å². The summed E-state index contributed by atoms with van der Waals surface area (Å²) in [5.74, 6) is 0.154. The molecule has 1 saturated heterocycles. The molecular formula is C15H24N2O2S. The highest BCUT2D eigenvalue weighted by Gasteiger charge is 2.41. The maximum atomic E-state index is 12.9. The molecule has 0 aliphatic carbocycles. The van der Waals surface area contributed by atoms with E-state index >= 15 is 0 Å². The number of nitrogens with zero attached hydrogens (tertiary/aromatic N) is 1. The topological polar surface area (TPSA) is 55.6 Å². The van der Waals surface area contributed by atoms with E-state index in [0.29, 0.717) is 19.8 Å². The molecule has 0 bridgehead atoms. The molecule has 112 valence electrons. The Morgan fingerprint density at radius 3 is 2.65 bits per heavy atom. The fraction of sp³-hybridized carbons (Fsp3) is 0.667. The molecule has 0 aromatic carbocycles. The van der Waals surface area contributed by atoms with Crippen LogP contribution in [0.1, 0.15) is 35.6 Å². The van der Waals surface area contributed by atoms with Crippen molar-refractivity contribution in [1.82, 2.24) is 4.90 Å². The summed E-state index contributed by atoms with van der Waals surface area (Å²) in [6, 6.07) is 4.29. The number of amides is 1. The number of nitrogens with two attached hydrogens (primary N) is 1. The van der Waals surface area contributed by atoms with Crippen LogP contribution in [0.2, 0.25) is 0 Å². The van der Waals surface area contributed by atoms with Gasteiger partial charge in [-0.2, -0.15) is 0 Å². The molecule has 1 unspecified atom stereocenters. The van der Waals surface area contributed by atoms with Crippen LogP contribution in [0, 0.1) is 12.3 Å². The van der Waals surface area contributed by atoms with Gasteiger partial charge in [0.1, 0.15) is 0 Å². The fourth-order valence-electron chi connectivity index (χ4n) is 2.69. The molecule has 1 amide bonds. The molecule has 2 heterocycles. The van der Waals surface area contributed by atoms with E-state index in [-0.39, 0.29) is 11.9 Å². The third-order valence-corrected chi connectivity index (χ3v) is 5.54. The molecule has 0 spiro atoms. The zero-order chi connectivity index (χ0) is 14.8. The second-order valence-electron chi connectivity index (χ2n) is 5.64. The van der Waals surface area contributed by atoms with Crippen LogP contribution in [-0.4, -0.2) is 37.6 Å². The Labute approximate surface area is 124 Å². The number of carbonyl (C=O) groups excluding carboxylic acids is 1. The number of aryl methyl sites for hydroxylation is 1. The molecule has 2 rings (SSSR count). The van der Waals surface area contributed by atoms with Crippen LogP contribution in [0.5, 0.6) is 0 Å². The molecular weight excluding hydrogens is 272 g/mol. The predicted octanol–water partition coefficient (Wildman–Crippen LogP) is 2.33. The molecule has 0 saturated carbocycles. The van der Waals surface area contributed by atoms with Gasteiger partial charge in [-0.1, -0.05) is 0 Å². The Hall–Kier alpha value is -0.910. The Kier molecular flexibility index (Phi) is 4.83. The summed E-state index contributed by atoms with van der Waals surface area (Å²) in [4.78, 5) is 17.2. The molecule has 2 N–H and O–H groups in total. The Balaban J connectivity index is 2.14. The zero-order valence-corrected chi connectivity index (χ0v) is 13.3. The zero-order valence-electron chi connectivity index (χ0n) is 12.5. The van der Waals surface area contributed by atoms with Gasteiger partial charge in [0.15, 0.2) is 0 Å². The third kappa shape index (κ3) is 2.90. The van der Waals surface area contributed by atoms with E-state index in [1.165, 1.54) is 9.75 Å². The number of hydrogen-bond acceptors (Lipinski definition) is 4. The summed E-state index contributed by atoms with van der Waals surface area (Å²) in [6.07, 6.45) is 1.45. The lowest BCUT2D eigenvalue weighted by Crippen LogP contribution is -2.50. The normalized spacial score (nSPS) is 19.6. The molecule has 1 aliphatic rings. The van der Waals surface area contributed by atoms with Crippen molar-refractivity contribution >= 4 is 17.2 Å². The average molecular weight is 296 g/mol. The maximum absolute atomic E-state index is 12.9. The minimum Gasteiger partial charge on any atom is -0.381 e. The Morgan fingerprint density at radius 1 is 1.50 bits per heavy atom. The molecule has 0 radical (unpaired) electrons. The van der Waals surface area contributed by atoms with Gasteiger partial charge in [0.25, 0.3) is 0 Å². The smallest absolute Gasteiger partial charge is 0.230 e. The summed E-state index contributed by atoms with van der Waals surface area (Å²) < 4.78 is 5.38. The molecule has 1 atom stereocenters. The van der Waals surface area contributed by atoms with E-state index in [0.717, 1.165) is 12.8 Å². The highest BCUT2D eigenvalue weighted by atomic mass is 32.1. The molecule has 1 fully saturated rings. The quantitative estimate of drug-likeness (QED) is 0.928. The highest BCUT2D eigenvalue weighted by molar-refractivity contribution is 7.12. The second-order valence-corrected chi connectivity index (χ2v) is 6.96. The van der Waals surface area contributed by atoms with E-state index in [4.69, 9.17) is 10.5 Å². The van der Waals surface area contributed by atoms with Gasteiger partial charge in [0.2, 0.25) is 5.91 Å². The molecule has 1 aromatic heterocycles. The van der Waals surface area contributed by atoms with Gasteiger partial charge < -0.3 is 15.4 Å². The van der Waals surface area contributed by atoms with Crippen LogP contribution in [0.15, 0.2) is 12.1 Å². The monoisotopic (exact) mass is 296 g/mol. The highest BCUT2D eigenvalue weighted by Crippen LogP contribution is 2.35. The molecule has 5 heteroatoms. The largest absolute Gasteiger partial charge is 0.381 e. The van der Waals surface area contributed by atoms with Gasteiger partial charge in [0.05, 0.1) is 11.5 Å². The lowest BCUT2D eigenvalue weighted by atomic mass is 9.78. The second kappa shape index (κ2) is 6.24. The van der Waals surface area contributed by atoms with Crippen molar-refractivity contribution in [3.05, 3.63) is 21.9 Å². The number of ether oxygens (including phenoxy) is 1. The van der Waals surface area contributed by atoms with Crippen LogP contribution in [-0.2, 0) is 9.53 Å². The molecule has 20 heavy (non-hydrogen) atoms. The van der Waals surface area contributed by atoms with Crippen molar-refractivity contribution in [2.45, 2.75) is 32.7 Å². The molecule has 1 aromatic rings. The van der Waals surface area contributed by atoms with E-state index in [2.05, 4.69) is 26.0 Å². The average Bonchev–Trinajstić information content (AvgIpc) is 2.92. The summed E-state index contributed by atoms with van der Waals surface area (Å²) in [7, 11) is 1.88. The summed E-state index contributed by atoms with van der Waals surface area (Å²) in [5, 5.41) is 0. The summed E-state index contributed by atoms with van der Waals surface area (Å²) >= 11 is 1.74. The lowest BCUT2D eigenvalue weighted by molar-refractivity contribution is -0.147. The van der Waals surface area contributed by atoms with E-state index in [1.807, 2.05) is 11.9 Å². The van der Waals surface area contributed by atoms with Crippen molar-refractivity contribution in [2.75, 3.05) is 26.8 Å². The Bertz CT molecular complexity index is 466. The first-order valence-electron chi connectivity index (χ1n) is 7.11. The van der Waals surface area contributed by atoms with Gasteiger partial charge in [-0.3, -0.25) is 4.79 Å². The van der Waals surface area contributed by atoms with Gasteiger partial charge >= 0.3 is 0 Å². The minimum absolute atomic E-state index is 0.0902. The van der Waals surface area contributed by atoms with E-state index in [1.54, 1.807) is 11.3 Å². The first kappa shape index (κ1) is 15.5. The van der Waals surface area contributed by atoms with Gasteiger partial charge in [-0.25, -0.2) is 0 Å². The molecule has 4 nitrogen and oxygen atoms in total. The van der Waals surface area contributed by atoms with Crippen LogP contribution in [0.25, 0.3) is 0 Å². The first-order chi connectivity index (χ1) is 9.50. The standard InChI is InChI=1S/C15H24N2O2S/c1-11-4-5-13(20-11)12(2)17(3)14(18)15(10-16)6-8-19-9-7-15/h4-5,12H,6-10,16H2,1-3H3. The summed E-state index contributed by atoms with van der Waals surface area (Å²) in [5.41, 5.74) is 5.48. The van der Waals surface area contributed by atoms with Crippen molar-refractivity contribution in [1.29, 1.82) is 0 Å². The Morgan fingerprint density at radius 2 is 2.15 bits per heavy atom. The van der Waals surface area contributed by atoms with Crippen molar-refractivity contribution in [3.63, 3.8) is 0 Å². The first-order valence-corrected chi connectivity index (χ1v) is 7.93. The van der Waals surface area contributed by atoms with E-state index < -0.39 is 5.41 Å². The number of rotatable bonds is 4. The lowest BCUT2D eigenvalue weighted by Gasteiger charge is -2.39. The SMILES string of the molecule is Cc1ccc(C(C)N(C)C(=O)C2(CN)CCOCC2)s1. The van der Waals surface area contributed by atoms with Crippen LogP contribution in [0.3, 0.4) is 0 Å². The number of thiophene rings is 1. The molecule has 1 aliphatic heterocycles. The summed E-state index contributed by atoms with van der Waals surface area (Å²) in [6.45, 7) is 5.82. The fourth-order valence-corrected chi connectivity index (χ4v) is 3.66. The van der Waals surface area contributed by atoms with Crippen molar-refractivity contribution in [2.24, 2.45) is 11.1 Å². The number of carbonyl (C=O) groups is 1. The van der Waals surface area contributed by atoms with Crippen LogP contribution < -0.4 is 5.73 Å². The van der Waals surface area contributed by atoms with Crippen LogP contribution >= 0.6 is 11.3 Å². The van der Waals surface area contributed by atoms with Crippen LogP contribution in [0.4, 0.5) is 0 Å². The number of hydrogen-bond donors (Lipinski definition) is 1. The van der Waals surface area contributed by atoms with Gasteiger partial charge in [0, 0.05) is 36.6 Å². The maximum Gasteiger partial charge on any atom is 0.230 e. The third-order valence-electron chi connectivity index (χ3n) is 4.37. The minimum atomic E-state index is -0.437. The predicted molar refractivity (Wildman–Crippen MR) is 81.8 cm³/mol.